The Hall–Kier alpha value is -0.0800. The second-order valence-corrected chi connectivity index (χ2v) is 6.14. The topological polar surface area (TPSA) is 23.5 Å². The van der Waals surface area contributed by atoms with Crippen LogP contribution in [0.2, 0.25) is 0 Å². The number of nitrogens with zero attached hydrogens (tertiary/aromatic N) is 1. The third kappa shape index (κ3) is 10.7. The fourth-order valence-electron chi connectivity index (χ4n) is 2.75. The molecule has 2 nitrogen and oxygen atoms in total. The van der Waals surface area contributed by atoms with Gasteiger partial charge in [-0.3, -0.25) is 4.90 Å². The quantitative estimate of drug-likeness (QED) is 0.428. The molecule has 0 aromatic heterocycles. The average Bonchev–Trinajstić information content (AvgIpc) is 2.47. The molecule has 1 N–H and O–H groups in total. The highest BCUT2D eigenvalue weighted by Crippen LogP contribution is 2.14. The molecule has 0 radical (unpaired) electrons. The predicted molar refractivity (Wildman–Crippen MR) is 90.3 cm³/mol. The molecule has 0 rings (SSSR count). The summed E-state index contributed by atoms with van der Waals surface area (Å²) in [6.07, 6.45) is 14.3. The molecule has 0 saturated carbocycles. The second kappa shape index (κ2) is 15.3. The Balaban J connectivity index is 3.94. The van der Waals surface area contributed by atoms with Gasteiger partial charge in [-0.05, 0) is 32.4 Å². The van der Waals surface area contributed by atoms with Gasteiger partial charge in [0.15, 0.2) is 0 Å². The molecule has 20 heavy (non-hydrogen) atoms. The lowest BCUT2D eigenvalue weighted by Gasteiger charge is -2.30. The third-order valence-corrected chi connectivity index (χ3v) is 4.22. The molecule has 0 heterocycles. The van der Waals surface area contributed by atoms with Crippen molar-refractivity contribution in [2.24, 2.45) is 0 Å². The van der Waals surface area contributed by atoms with Crippen LogP contribution in [0.3, 0.4) is 0 Å². The summed E-state index contributed by atoms with van der Waals surface area (Å²) < 4.78 is 0. The molecule has 0 aromatic carbocycles. The maximum Gasteiger partial charge on any atom is 0.0586 e. The molecule has 0 aliphatic carbocycles. The van der Waals surface area contributed by atoms with E-state index in [4.69, 9.17) is 0 Å². The summed E-state index contributed by atoms with van der Waals surface area (Å²) in [6.45, 7) is 9.43. The van der Waals surface area contributed by atoms with Gasteiger partial charge in [0.25, 0.3) is 0 Å². The standard InChI is InChI=1S/C18H39NO/c1-4-7-10-11-12-13-14-18(17-20)19(15-8-5-2)16-9-6-3/h18,20H,4-17H2,1-3H3. The fraction of sp³-hybridized carbons (Fsp3) is 1.00. The molecule has 1 unspecified atom stereocenters. The van der Waals surface area contributed by atoms with Crippen molar-refractivity contribution in [3.05, 3.63) is 0 Å². The van der Waals surface area contributed by atoms with Gasteiger partial charge >= 0.3 is 0 Å². The summed E-state index contributed by atoms with van der Waals surface area (Å²) in [5.74, 6) is 0. The van der Waals surface area contributed by atoms with E-state index in [9.17, 15) is 5.11 Å². The van der Waals surface area contributed by atoms with Crippen LogP contribution in [0.15, 0.2) is 0 Å². The van der Waals surface area contributed by atoms with Crippen molar-refractivity contribution in [3.63, 3.8) is 0 Å². The van der Waals surface area contributed by atoms with E-state index in [1.54, 1.807) is 0 Å². The smallest absolute Gasteiger partial charge is 0.0586 e. The number of rotatable bonds is 15. The van der Waals surface area contributed by atoms with Crippen molar-refractivity contribution < 1.29 is 5.11 Å². The van der Waals surface area contributed by atoms with E-state index in [0.29, 0.717) is 12.6 Å². The van der Waals surface area contributed by atoms with Crippen LogP contribution in [-0.2, 0) is 0 Å². The van der Waals surface area contributed by atoms with E-state index in [0.717, 1.165) is 13.1 Å². The number of hydrogen-bond donors (Lipinski definition) is 1. The van der Waals surface area contributed by atoms with Crippen molar-refractivity contribution in [1.82, 2.24) is 4.90 Å². The van der Waals surface area contributed by atoms with E-state index in [2.05, 4.69) is 25.7 Å². The Morgan fingerprint density at radius 3 is 1.70 bits per heavy atom. The molecular weight excluding hydrogens is 246 g/mol. The fourth-order valence-corrected chi connectivity index (χ4v) is 2.75. The molecule has 1 atom stereocenters. The maximum absolute atomic E-state index is 9.69. The van der Waals surface area contributed by atoms with Crippen LogP contribution in [-0.4, -0.2) is 35.7 Å². The summed E-state index contributed by atoms with van der Waals surface area (Å²) in [7, 11) is 0. The minimum absolute atomic E-state index is 0.336. The molecule has 0 spiro atoms. The lowest BCUT2D eigenvalue weighted by molar-refractivity contribution is 0.111. The summed E-state index contributed by atoms with van der Waals surface area (Å²) >= 11 is 0. The van der Waals surface area contributed by atoms with Crippen LogP contribution in [0.4, 0.5) is 0 Å². The summed E-state index contributed by atoms with van der Waals surface area (Å²) in [5, 5.41) is 9.69. The molecule has 2 heteroatoms. The normalized spacial score (nSPS) is 13.1. The van der Waals surface area contributed by atoms with Crippen molar-refractivity contribution >= 4 is 0 Å². The lowest BCUT2D eigenvalue weighted by atomic mass is 10.0. The first-order valence-corrected chi connectivity index (χ1v) is 9.14. The summed E-state index contributed by atoms with van der Waals surface area (Å²) in [6, 6.07) is 0.402. The number of aliphatic hydroxyl groups excluding tert-OH is 1. The van der Waals surface area contributed by atoms with Crippen LogP contribution in [0.1, 0.15) is 91.4 Å². The lowest BCUT2D eigenvalue weighted by Crippen LogP contribution is -2.39. The number of unbranched alkanes of at least 4 members (excludes halogenated alkanes) is 7. The second-order valence-electron chi connectivity index (χ2n) is 6.14. The van der Waals surface area contributed by atoms with Gasteiger partial charge in [0.2, 0.25) is 0 Å². The van der Waals surface area contributed by atoms with Crippen LogP contribution >= 0.6 is 0 Å². The molecule has 0 bridgehead atoms. The Morgan fingerprint density at radius 2 is 1.20 bits per heavy atom. The zero-order chi connectivity index (χ0) is 15.1. The SMILES string of the molecule is CCCCCCCCC(CO)N(CCCC)CCCC. The molecule has 0 aliphatic rings. The van der Waals surface area contributed by atoms with Gasteiger partial charge in [0.1, 0.15) is 0 Å². The van der Waals surface area contributed by atoms with Gasteiger partial charge in [0.05, 0.1) is 6.61 Å². The molecular formula is C18H39NO. The molecule has 0 fully saturated rings. The van der Waals surface area contributed by atoms with Crippen LogP contribution < -0.4 is 0 Å². The van der Waals surface area contributed by atoms with Gasteiger partial charge in [-0.15, -0.1) is 0 Å². The van der Waals surface area contributed by atoms with Crippen molar-refractivity contribution in [2.45, 2.75) is 97.4 Å². The van der Waals surface area contributed by atoms with Crippen molar-refractivity contribution in [3.8, 4) is 0 Å². The van der Waals surface area contributed by atoms with Crippen molar-refractivity contribution in [2.75, 3.05) is 19.7 Å². The van der Waals surface area contributed by atoms with Gasteiger partial charge in [0, 0.05) is 6.04 Å². The molecule has 122 valence electrons. The van der Waals surface area contributed by atoms with Crippen LogP contribution in [0.25, 0.3) is 0 Å². The summed E-state index contributed by atoms with van der Waals surface area (Å²) in [5.41, 5.74) is 0. The van der Waals surface area contributed by atoms with E-state index < -0.39 is 0 Å². The summed E-state index contributed by atoms with van der Waals surface area (Å²) in [4.78, 5) is 2.54. The average molecular weight is 286 g/mol. The minimum Gasteiger partial charge on any atom is -0.395 e. The molecule has 0 aliphatic heterocycles. The highest BCUT2D eigenvalue weighted by Gasteiger charge is 2.16. The van der Waals surface area contributed by atoms with E-state index in [-0.39, 0.29) is 0 Å². The molecule has 0 aromatic rings. The minimum atomic E-state index is 0.336. The van der Waals surface area contributed by atoms with Gasteiger partial charge in [-0.25, -0.2) is 0 Å². The first-order chi connectivity index (χ1) is 9.79. The van der Waals surface area contributed by atoms with E-state index in [1.807, 2.05) is 0 Å². The predicted octanol–water partition coefficient (Wildman–Crippen LogP) is 5.00. The van der Waals surface area contributed by atoms with Gasteiger partial charge < -0.3 is 5.11 Å². The Kier molecular flexibility index (Phi) is 15.3. The molecule has 0 saturated heterocycles. The largest absolute Gasteiger partial charge is 0.395 e. The highest BCUT2D eigenvalue weighted by molar-refractivity contribution is 4.71. The third-order valence-electron chi connectivity index (χ3n) is 4.22. The maximum atomic E-state index is 9.69. The number of hydrogen-bond acceptors (Lipinski definition) is 2. The zero-order valence-corrected chi connectivity index (χ0v) is 14.4. The van der Waals surface area contributed by atoms with Crippen LogP contribution in [0.5, 0.6) is 0 Å². The van der Waals surface area contributed by atoms with Crippen LogP contribution in [0, 0.1) is 0 Å². The van der Waals surface area contributed by atoms with E-state index in [1.165, 1.54) is 70.6 Å². The first-order valence-electron chi connectivity index (χ1n) is 9.14. The first kappa shape index (κ1) is 19.9. The number of aliphatic hydroxyl groups is 1. The monoisotopic (exact) mass is 285 g/mol. The van der Waals surface area contributed by atoms with E-state index >= 15 is 0 Å². The highest BCUT2D eigenvalue weighted by atomic mass is 16.3. The van der Waals surface area contributed by atoms with Gasteiger partial charge in [-0.2, -0.15) is 0 Å². The molecule has 0 amide bonds. The van der Waals surface area contributed by atoms with Gasteiger partial charge in [-0.1, -0.05) is 72.1 Å². The van der Waals surface area contributed by atoms with Crippen molar-refractivity contribution in [1.29, 1.82) is 0 Å². The Bertz CT molecular complexity index is 176. The zero-order valence-electron chi connectivity index (χ0n) is 14.4. The Labute approximate surface area is 127 Å². The Morgan fingerprint density at radius 1 is 0.700 bits per heavy atom.